The monoisotopic (exact) mass is 230 g/mol. The Morgan fingerprint density at radius 2 is 2.00 bits per heavy atom. The van der Waals surface area contributed by atoms with Crippen molar-refractivity contribution in [3.05, 3.63) is 0 Å². The van der Waals surface area contributed by atoms with Crippen molar-refractivity contribution in [3.63, 3.8) is 0 Å². The highest BCUT2D eigenvalue weighted by molar-refractivity contribution is 5.79. The Labute approximate surface area is 96.4 Å². The molecule has 0 aromatic heterocycles. The summed E-state index contributed by atoms with van der Waals surface area (Å²) >= 11 is 0. The van der Waals surface area contributed by atoms with E-state index in [4.69, 9.17) is 10.8 Å². The first-order valence-corrected chi connectivity index (χ1v) is 5.52. The highest BCUT2D eigenvalue weighted by Crippen LogP contribution is 2.13. The highest BCUT2D eigenvalue weighted by Gasteiger charge is 2.23. The van der Waals surface area contributed by atoms with Crippen molar-refractivity contribution in [2.45, 2.75) is 45.6 Å². The van der Waals surface area contributed by atoms with Crippen LogP contribution in [-0.2, 0) is 9.59 Å². The molecule has 4 N–H and O–H groups in total. The summed E-state index contributed by atoms with van der Waals surface area (Å²) in [6, 6.07) is 0. The third-order valence-corrected chi connectivity index (χ3v) is 2.47. The number of carbonyl (C=O) groups is 2. The normalized spacial score (nSPS) is 13.2. The number of carboxylic acids is 1. The topological polar surface area (TPSA) is 92.4 Å². The number of hydrogen-bond donors (Lipinski definition) is 3. The molecule has 0 rings (SSSR count). The largest absolute Gasteiger partial charge is 0.481 e. The molecular weight excluding hydrogens is 208 g/mol. The number of carboxylic acid groups (broad SMARTS) is 1. The van der Waals surface area contributed by atoms with Gasteiger partial charge < -0.3 is 16.2 Å². The molecule has 16 heavy (non-hydrogen) atoms. The highest BCUT2D eigenvalue weighted by atomic mass is 16.4. The summed E-state index contributed by atoms with van der Waals surface area (Å²) in [5.74, 6) is -1.05. The Morgan fingerprint density at radius 1 is 1.44 bits per heavy atom. The van der Waals surface area contributed by atoms with Crippen LogP contribution in [0, 0.1) is 5.92 Å². The first-order chi connectivity index (χ1) is 7.28. The van der Waals surface area contributed by atoms with Crippen LogP contribution in [-0.4, -0.2) is 29.1 Å². The summed E-state index contributed by atoms with van der Waals surface area (Å²) in [5.41, 5.74) is 4.88. The van der Waals surface area contributed by atoms with E-state index in [0.29, 0.717) is 19.4 Å². The lowest BCUT2D eigenvalue weighted by atomic mass is 9.96. The summed E-state index contributed by atoms with van der Waals surface area (Å²) in [7, 11) is 0. The van der Waals surface area contributed by atoms with E-state index in [2.05, 4.69) is 5.32 Å². The van der Waals surface area contributed by atoms with E-state index in [9.17, 15) is 9.59 Å². The summed E-state index contributed by atoms with van der Waals surface area (Å²) in [4.78, 5) is 22.1. The maximum atomic E-state index is 11.7. The number of nitrogens with two attached hydrogens (primary N) is 1. The molecule has 5 nitrogen and oxygen atoms in total. The lowest BCUT2D eigenvalue weighted by molar-refractivity contribution is -0.138. The Bertz CT molecular complexity index is 252. The number of hydrogen-bond acceptors (Lipinski definition) is 3. The fourth-order valence-electron chi connectivity index (χ4n) is 1.32. The van der Waals surface area contributed by atoms with Crippen LogP contribution in [0.3, 0.4) is 0 Å². The van der Waals surface area contributed by atoms with E-state index in [1.165, 1.54) is 0 Å². The van der Waals surface area contributed by atoms with Crippen LogP contribution >= 0.6 is 0 Å². The van der Waals surface area contributed by atoms with Crippen LogP contribution in [0.25, 0.3) is 0 Å². The lowest BCUT2D eigenvalue weighted by Gasteiger charge is -2.27. The first kappa shape index (κ1) is 14.9. The maximum absolute atomic E-state index is 11.7. The van der Waals surface area contributed by atoms with Crippen molar-refractivity contribution >= 4 is 11.9 Å². The van der Waals surface area contributed by atoms with Crippen LogP contribution in [0.2, 0.25) is 0 Å². The zero-order valence-corrected chi connectivity index (χ0v) is 10.2. The van der Waals surface area contributed by atoms with Gasteiger partial charge in [0, 0.05) is 17.9 Å². The molecule has 0 saturated carbocycles. The van der Waals surface area contributed by atoms with Crippen LogP contribution in [0.4, 0.5) is 0 Å². The van der Waals surface area contributed by atoms with Gasteiger partial charge in [-0.05, 0) is 33.2 Å². The van der Waals surface area contributed by atoms with Gasteiger partial charge >= 0.3 is 5.97 Å². The van der Waals surface area contributed by atoms with Gasteiger partial charge in [0.2, 0.25) is 5.91 Å². The molecule has 0 fully saturated rings. The van der Waals surface area contributed by atoms with Crippen molar-refractivity contribution in [1.82, 2.24) is 5.32 Å². The zero-order valence-electron chi connectivity index (χ0n) is 10.2. The van der Waals surface area contributed by atoms with Gasteiger partial charge in [-0.2, -0.15) is 0 Å². The number of carbonyl (C=O) groups excluding carboxylic acids is 1. The molecule has 94 valence electrons. The smallest absolute Gasteiger partial charge is 0.303 e. The molecule has 0 aliphatic heterocycles. The van der Waals surface area contributed by atoms with Gasteiger partial charge in [0.25, 0.3) is 0 Å². The molecule has 0 aromatic rings. The van der Waals surface area contributed by atoms with Gasteiger partial charge in [-0.15, -0.1) is 0 Å². The Morgan fingerprint density at radius 3 is 2.44 bits per heavy atom. The van der Waals surface area contributed by atoms with E-state index in [1.54, 1.807) is 0 Å². The zero-order chi connectivity index (χ0) is 12.8. The molecule has 0 heterocycles. The molecule has 1 atom stereocenters. The van der Waals surface area contributed by atoms with Gasteiger partial charge in [0.1, 0.15) is 0 Å². The van der Waals surface area contributed by atoms with E-state index < -0.39 is 11.5 Å². The molecule has 0 radical (unpaired) electrons. The van der Waals surface area contributed by atoms with E-state index in [1.807, 2.05) is 20.8 Å². The van der Waals surface area contributed by atoms with Crippen molar-refractivity contribution in [1.29, 1.82) is 0 Å². The van der Waals surface area contributed by atoms with Gasteiger partial charge in [0.05, 0.1) is 0 Å². The van der Waals surface area contributed by atoms with Gasteiger partial charge in [-0.1, -0.05) is 6.92 Å². The van der Waals surface area contributed by atoms with Gasteiger partial charge in [-0.3, -0.25) is 9.59 Å². The molecular formula is C11H22N2O3. The van der Waals surface area contributed by atoms with Crippen molar-refractivity contribution in [3.8, 4) is 0 Å². The van der Waals surface area contributed by atoms with Gasteiger partial charge in [0.15, 0.2) is 0 Å². The third-order valence-electron chi connectivity index (χ3n) is 2.47. The predicted molar refractivity (Wildman–Crippen MR) is 61.9 cm³/mol. The molecule has 0 spiro atoms. The summed E-state index contributed by atoms with van der Waals surface area (Å²) in [6.07, 6.45) is 1.11. The second kappa shape index (κ2) is 6.48. The second-order valence-electron chi connectivity index (χ2n) is 4.75. The number of nitrogens with one attached hydrogen (secondary N) is 1. The molecule has 1 unspecified atom stereocenters. The number of amides is 1. The molecule has 0 aliphatic rings. The summed E-state index contributed by atoms with van der Waals surface area (Å²) < 4.78 is 0. The Balaban J connectivity index is 4.13. The molecule has 5 heteroatoms. The Hall–Kier alpha value is -1.10. The van der Waals surface area contributed by atoms with Gasteiger partial charge in [-0.25, -0.2) is 0 Å². The van der Waals surface area contributed by atoms with Crippen molar-refractivity contribution < 1.29 is 14.7 Å². The molecule has 1 amide bonds. The van der Waals surface area contributed by atoms with E-state index >= 15 is 0 Å². The van der Waals surface area contributed by atoms with Crippen molar-refractivity contribution in [2.75, 3.05) is 6.54 Å². The Kier molecular flexibility index (Phi) is 6.03. The average Bonchev–Trinajstić information content (AvgIpc) is 2.14. The third kappa shape index (κ3) is 6.40. The average molecular weight is 230 g/mol. The summed E-state index contributed by atoms with van der Waals surface area (Å²) in [6.45, 7) is 5.94. The van der Waals surface area contributed by atoms with Crippen LogP contribution < -0.4 is 11.1 Å². The predicted octanol–water partition coefficient (Wildman–Crippen LogP) is 0.731. The number of rotatable bonds is 7. The molecule has 0 aliphatic carbocycles. The first-order valence-electron chi connectivity index (χ1n) is 5.52. The molecule has 0 bridgehead atoms. The van der Waals surface area contributed by atoms with E-state index in [-0.39, 0.29) is 18.2 Å². The fourth-order valence-corrected chi connectivity index (χ4v) is 1.32. The van der Waals surface area contributed by atoms with Crippen LogP contribution in [0.15, 0.2) is 0 Å². The maximum Gasteiger partial charge on any atom is 0.303 e. The molecule has 0 saturated heterocycles. The second-order valence-corrected chi connectivity index (χ2v) is 4.75. The van der Waals surface area contributed by atoms with E-state index in [0.717, 1.165) is 0 Å². The minimum absolute atomic E-state index is 0.0541. The minimum atomic E-state index is -0.850. The minimum Gasteiger partial charge on any atom is -0.481 e. The quantitative estimate of drug-likeness (QED) is 0.601. The van der Waals surface area contributed by atoms with Crippen molar-refractivity contribution in [2.24, 2.45) is 11.7 Å². The number of aliphatic carboxylic acids is 1. The fraction of sp³-hybridized carbons (Fsp3) is 0.818. The van der Waals surface area contributed by atoms with Crippen LogP contribution in [0.1, 0.15) is 40.0 Å². The summed E-state index contributed by atoms with van der Waals surface area (Å²) in [5, 5.41) is 11.4. The van der Waals surface area contributed by atoms with Crippen LogP contribution in [0.5, 0.6) is 0 Å². The standard InChI is InChI=1S/C11H22N2O3/c1-8(5-7-12)10(16)13-11(2,3)6-4-9(14)15/h8H,4-7,12H2,1-3H3,(H,13,16)(H,14,15). The molecule has 0 aromatic carbocycles. The SMILES string of the molecule is CC(CCN)C(=O)NC(C)(C)CCC(=O)O. The lowest BCUT2D eigenvalue weighted by Crippen LogP contribution is -2.46.